The molecule has 21 heavy (non-hydrogen) atoms. The summed E-state index contributed by atoms with van der Waals surface area (Å²) in [5.41, 5.74) is 2.20. The third-order valence-electron chi connectivity index (χ3n) is 3.75. The summed E-state index contributed by atoms with van der Waals surface area (Å²) in [6.07, 6.45) is 1.32. The number of Topliss-reactive ketones (excluding diaryl/α,β-unsaturated/α-hetero) is 1. The van der Waals surface area contributed by atoms with E-state index in [9.17, 15) is 9.18 Å². The molecule has 0 atom stereocenters. The van der Waals surface area contributed by atoms with Crippen LogP contribution >= 0.6 is 11.6 Å². The van der Waals surface area contributed by atoms with Crippen LogP contribution < -0.4 is 4.90 Å². The highest BCUT2D eigenvalue weighted by atomic mass is 35.5. The van der Waals surface area contributed by atoms with Crippen molar-refractivity contribution in [1.82, 2.24) is 0 Å². The van der Waals surface area contributed by atoms with Crippen LogP contribution in [0.25, 0.3) is 0 Å². The van der Waals surface area contributed by atoms with Gasteiger partial charge in [0.05, 0.1) is 0 Å². The van der Waals surface area contributed by atoms with Crippen molar-refractivity contribution in [3.63, 3.8) is 0 Å². The van der Waals surface area contributed by atoms with Crippen molar-refractivity contribution >= 4 is 23.1 Å². The zero-order valence-corrected chi connectivity index (χ0v) is 12.2. The molecule has 2 aromatic rings. The molecule has 0 amide bonds. The molecule has 0 radical (unpaired) electrons. The number of ketones is 1. The predicted octanol–water partition coefficient (Wildman–Crippen LogP) is 4.46. The summed E-state index contributed by atoms with van der Waals surface area (Å²) < 4.78 is 14.0. The minimum Gasteiger partial charge on any atom is -0.366 e. The molecule has 0 saturated heterocycles. The van der Waals surface area contributed by atoms with Crippen LogP contribution in [0.5, 0.6) is 0 Å². The molecular weight excluding hydrogens is 289 g/mol. The summed E-state index contributed by atoms with van der Waals surface area (Å²) in [6, 6.07) is 12.2. The fraction of sp³-hybridized carbons (Fsp3) is 0.235. The van der Waals surface area contributed by atoms with Gasteiger partial charge in [-0.25, -0.2) is 4.39 Å². The van der Waals surface area contributed by atoms with Crippen LogP contribution in [0.3, 0.4) is 0 Å². The third-order valence-corrected chi connectivity index (χ3v) is 3.99. The lowest BCUT2D eigenvalue weighted by Crippen LogP contribution is -2.24. The Kier molecular flexibility index (Phi) is 3.93. The average Bonchev–Trinajstić information content (AvgIpc) is 2.63. The monoisotopic (exact) mass is 303 g/mol. The van der Waals surface area contributed by atoms with Crippen molar-refractivity contribution in [2.24, 2.45) is 0 Å². The van der Waals surface area contributed by atoms with Crippen molar-refractivity contribution in [3.8, 4) is 0 Å². The van der Waals surface area contributed by atoms with Crippen molar-refractivity contribution in [2.75, 3.05) is 11.4 Å². The molecule has 108 valence electrons. The molecule has 0 bridgehead atoms. The first kappa shape index (κ1) is 14.1. The summed E-state index contributed by atoms with van der Waals surface area (Å²) in [4.78, 5) is 14.2. The van der Waals surface area contributed by atoms with Crippen LogP contribution in [-0.2, 0) is 6.54 Å². The molecule has 2 aromatic carbocycles. The number of benzene rings is 2. The van der Waals surface area contributed by atoms with Crippen LogP contribution in [0.4, 0.5) is 10.1 Å². The highest BCUT2D eigenvalue weighted by Gasteiger charge is 2.21. The Labute approximate surface area is 128 Å². The molecule has 0 N–H and O–H groups in total. The molecule has 1 aliphatic heterocycles. The molecule has 4 heteroatoms. The SMILES string of the molecule is O=C1CCCN(Cc2ccc(Cl)cc2F)c2ccccc21. The molecule has 3 rings (SSSR count). The maximum Gasteiger partial charge on any atom is 0.165 e. The smallest absolute Gasteiger partial charge is 0.165 e. The van der Waals surface area contributed by atoms with Gasteiger partial charge in [0, 0.05) is 41.3 Å². The number of rotatable bonds is 2. The average molecular weight is 304 g/mol. The van der Waals surface area contributed by atoms with Crippen LogP contribution in [0, 0.1) is 5.82 Å². The van der Waals surface area contributed by atoms with Gasteiger partial charge in [0.1, 0.15) is 5.82 Å². The van der Waals surface area contributed by atoms with Crippen LogP contribution in [0.2, 0.25) is 5.02 Å². The van der Waals surface area contributed by atoms with Crippen LogP contribution in [0.1, 0.15) is 28.8 Å². The van der Waals surface area contributed by atoms with Gasteiger partial charge in [-0.1, -0.05) is 29.8 Å². The van der Waals surface area contributed by atoms with Gasteiger partial charge >= 0.3 is 0 Å². The van der Waals surface area contributed by atoms with Gasteiger partial charge < -0.3 is 4.90 Å². The van der Waals surface area contributed by atoms with Gasteiger partial charge in [-0.3, -0.25) is 4.79 Å². The Bertz CT molecular complexity index is 686. The van der Waals surface area contributed by atoms with E-state index < -0.39 is 0 Å². The number of carbonyl (C=O) groups is 1. The minimum absolute atomic E-state index is 0.157. The number of fused-ring (bicyclic) bond motifs is 1. The summed E-state index contributed by atoms with van der Waals surface area (Å²) in [6.45, 7) is 1.18. The number of halogens is 2. The molecule has 0 aliphatic carbocycles. The van der Waals surface area contributed by atoms with Crippen molar-refractivity contribution in [2.45, 2.75) is 19.4 Å². The van der Waals surface area contributed by atoms with E-state index in [-0.39, 0.29) is 11.6 Å². The van der Waals surface area contributed by atoms with Gasteiger partial charge in [-0.05, 0) is 30.7 Å². The number of para-hydroxylation sites is 1. The minimum atomic E-state index is -0.310. The van der Waals surface area contributed by atoms with Crippen molar-refractivity contribution in [1.29, 1.82) is 0 Å². The van der Waals surface area contributed by atoms with Gasteiger partial charge in [0.25, 0.3) is 0 Å². The second-order valence-corrected chi connectivity index (χ2v) is 5.64. The lowest BCUT2D eigenvalue weighted by atomic mass is 10.1. The largest absolute Gasteiger partial charge is 0.366 e. The lowest BCUT2D eigenvalue weighted by Gasteiger charge is -2.24. The second-order valence-electron chi connectivity index (χ2n) is 5.20. The van der Waals surface area contributed by atoms with Crippen molar-refractivity contribution in [3.05, 3.63) is 64.4 Å². The molecule has 2 nitrogen and oxygen atoms in total. The van der Waals surface area contributed by atoms with E-state index in [1.54, 1.807) is 12.1 Å². The fourth-order valence-corrected chi connectivity index (χ4v) is 2.85. The molecule has 1 heterocycles. The topological polar surface area (TPSA) is 20.3 Å². The first-order chi connectivity index (χ1) is 10.1. The van der Waals surface area contributed by atoms with Crippen LogP contribution in [-0.4, -0.2) is 12.3 Å². The summed E-state index contributed by atoms with van der Waals surface area (Å²) in [5.74, 6) is -0.153. The fourth-order valence-electron chi connectivity index (χ4n) is 2.69. The van der Waals surface area contributed by atoms with E-state index in [1.807, 2.05) is 24.3 Å². The molecule has 0 fully saturated rings. The summed E-state index contributed by atoms with van der Waals surface area (Å²) >= 11 is 5.79. The third kappa shape index (κ3) is 2.93. The van der Waals surface area contributed by atoms with E-state index in [0.717, 1.165) is 24.2 Å². The second kappa shape index (κ2) is 5.86. The maximum absolute atomic E-state index is 14.0. The molecule has 0 aromatic heterocycles. The highest BCUT2D eigenvalue weighted by molar-refractivity contribution is 6.30. The molecular formula is C17H15ClFNO. The maximum atomic E-state index is 14.0. The molecule has 1 aliphatic rings. The van der Waals surface area contributed by atoms with E-state index >= 15 is 0 Å². The highest BCUT2D eigenvalue weighted by Crippen LogP contribution is 2.28. The van der Waals surface area contributed by atoms with Gasteiger partial charge in [0.2, 0.25) is 0 Å². The zero-order valence-electron chi connectivity index (χ0n) is 11.5. The normalized spacial score (nSPS) is 14.8. The molecule has 0 spiro atoms. The Hall–Kier alpha value is -1.87. The van der Waals surface area contributed by atoms with Gasteiger partial charge in [-0.2, -0.15) is 0 Å². The molecule has 0 saturated carbocycles. The first-order valence-electron chi connectivity index (χ1n) is 6.96. The quantitative estimate of drug-likeness (QED) is 0.816. The Morgan fingerprint density at radius 1 is 1.19 bits per heavy atom. The Morgan fingerprint density at radius 3 is 2.81 bits per heavy atom. The van der Waals surface area contributed by atoms with Crippen molar-refractivity contribution < 1.29 is 9.18 Å². The van der Waals surface area contributed by atoms with Gasteiger partial charge in [-0.15, -0.1) is 0 Å². The Morgan fingerprint density at radius 2 is 2.00 bits per heavy atom. The van der Waals surface area contributed by atoms with E-state index in [0.29, 0.717) is 23.6 Å². The molecule has 0 unspecified atom stereocenters. The summed E-state index contributed by atoms with van der Waals surface area (Å²) in [5, 5.41) is 0.391. The van der Waals surface area contributed by atoms with E-state index in [2.05, 4.69) is 4.90 Å². The predicted molar refractivity (Wildman–Crippen MR) is 82.5 cm³/mol. The standard InChI is InChI=1S/C17H15ClFNO/c18-13-8-7-12(15(19)10-13)11-20-9-3-6-17(21)14-4-1-2-5-16(14)20/h1-2,4-5,7-8,10H,3,6,9,11H2. The number of hydrogen-bond donors (Lipinski definition) is 0. The summed E-state index contributed by atoms with van der Waals surface area (Å²) in [7, 11) is 0. The number of anilines is 1. The number of nitrogens with zero attached hydrogens (tertiary/aromatic N) is 1. The van der Waals surface area contributed by atoms with E-state index in [4.69, 9.17) is 11.6 Å². The van der Waals surface area contributed by atoms with Crippen LogP contribution in [0.15, 0.2) is 42.5 Å². The lowest BCUT2D eigenvalue weighted by molar-refractivity contribution is 0.0984. The van der Waals surface area contributed by atoms with E-state index in [1.165, 1.54) is 6.07 Å². The first-order valence-corrected chi connectivity index (χ1v) is 7.34. The Balaban J connectivity index is 1.95. The van der Waals surface area contributed by atoms with Gasteiger partial charge in [0.15, 0.2) is 5.78 Å². The number of hydrogen-bond acceptors (Lipinski definition) is 2. The zero-order chi connectivity index (χ0) is 14.8. The number of carbonyl (C=O) groups excluding carboxylic acids is 1.